The van der Waals surface area contributed by atoms with Crippen LogP contribution in [0.5, 0.6) is 0 Å². The van der Waals surface area contributed by atoms with Crippen LogP contribution in [0.2, 0.25) is 0 Å². The molecule has 0 radical (unpaired) electrons. The van der Waals surface area contributed by atoms with Gasteiger partial charge in [-0.1, -0.05) is 19.8 Å². The van der Waals surface area contributed by atoms with Crippen molar-refractivity contribution in [2.24, 2.45) is 5.92 Å². The summed E-state index contributed by atoms with van der Waals surface area (Å²) in [4.78, 5) is 15.5. The molecule has 2 saturated carbocycles. The number of carbonyl (C=O) groups is 1. The van der Waals surface area contributed by atoms with Gasteiger partial charge in [-0.05, 0) is 64.0 Å². The zero-order valence-electron chi connectivity index (χ0n) is 13.3. The standard InChI is InChI=1S/C17H30N2O2/c1-2-15(13-11-14(20)12-13)18-16(21)17(7-3-4-8-17)19-9-5-6-10-19/h13-15,20H,2-12H2,1H3,(H,18,21). The largest absolute Gasteiger partial charge is 0.393 e. The van der Waals surface area contributed by atoms with Crippen LogP contribution in [0.25, 0.3) is 0 Å². The quantitative estimate of drug-likeness (QED) is 0.816. The van der Waals surface area contributed by atoms with Gasteiger partial charge in [0.2, 0.25) is 5.91 Å². The Bertz CT molecular complexity index is 367. The minimum Gasteiger partial charge on any atom is -0.393 e. The van der Waals surface area contributed by atoms with Gasteiger partial charge < -0.3 is 10.4 Å². The fourth-order valence-electron chi connectivity index (χ4n) is 4.61. The smallest absolute Gasteiger partial charge is 0.240 e. The lowest BCUT2D eigenvalue weighted by Gasteiger charge is -2.42. The van der Waals surface area contributed by atoms with Crippen molar-refractivity contribution in [1.82, 2.24) is 10.2 Å². The number of hydrogen-bond acceptors (Lipinski definition) is 3. The fourth-order valence-corrected chi connectivity index (χ4v) is 4.61. The van der Waals surface area contributed by atoms with E-state index in [1.807, 2.05) is 0 Å². The highest BCUT2D eigenvalue weighted by Crippen LogP contribution is 2.38. The average molecular weight is 294 g/mol. The lowest BCUT2D eigenvalue weighted by atomic mass is 9.76. The zero-order chi connectivity index (χ0) is 14.9. The molecule has 1 saturated heterocycles. The molecule has 0 spiro atoms. The van der Waals surface area contributed by atoms with Crippen molar-refractivity contribution in [2.45, 2.75) is 82.4 Å². The first-order chi connectivity index (χ1) is 10.2. The number of amides is 1. The van der Waals surface area contributed by atoms with E-state index in [9.17, 15) is 9.90 Å². The molecule has 2 N–H and O–H groups in total. The number of nitrogens with zero attached hydrogens (tertiary/aromatic N) is 1. The van der Waals surface area contributed by atoms with Crippen LogP contribution in [0.1, 0.15) is 64.7 Å². The first-order valence-electron chi connectivity index (χ1n) is 8.90. The van der Waals surface area contributed by atoms with E-state index in [0.29, 0.717) is 5.92 Å². The predicted octanol–water partition coefficient (Wildman–Crippen LogP) is 2.06. The number of rotatable bonds is 5. The van der Waals surface area contributed by atoms with Gasteiger partial charge in [0.15, 0.2) is 0 Å². The van der Waals surface area contributed by atoms with E-state index in [4.69, 9.17) is 0 Å². The molecule has 3 fully saturated rings. The Hall–Kier alpha value is -0.610. The van der Waals surface area contributed by atoms with E-state index in [1.54, 1.807) is 0 Å². The number of nitrogens with one attached hydrogen (secondary N) is 1. The van der Waals surface area contributed by atoms with Gasteiger partial charge in [0.05, 0.1) is 6.10 Å². The van der Waals surface area contributed by atoms with Crippen LogP contribution in [0.3, 0.4) is 0 Å². The number of aliphatic hydroxyl groups excluding tert-OH is 1. The molecule has 2 aliphatic carbocycles. The molecule has 21 heavy (non-hydrogen) atoms. The van der Waals surface area contributed by atoms with Crippen molar-refractivity contribution in [2.75, 3.05) is 13.1 Å². The Morgan fingerprint density at radius 2 is 1.86 bits per heavy atom. The van der Waals surface area contributed by atoms with Crippen LogP contribution in [0.4, 0.5) is 0 Å². The highest BCUT2D eigenvalue weighted by Gasteiger charge is 2.48. The molecule has 0 aromatic heterocycles. The van der Waals surface area contributed by atoms with Gasteiger partial charge in [-0.15, -0.1) is 0 Å². The van der Waals surface area contributed by atoms with Gasteiger partial charge in [-0.2, -0.15) is 0 Å². The van der Waals surface area contributed by atoms with Crippen LogP contribution >= 0.6 is 0 Å². The van der Waals surface area contributed by atoms with E-state index in [1.165, 1.54) is 25.7 Å². The highest BCUT2D eigenvalue weighted by molar-refractivity contribution is 5.87. The summed E-state index contributed by atoms with van der Waals surface area (Å²) in [5.41, 5.74) is -0.216. The van der Waals surface area contributed by atoms with E-state index in [0.717, 1.165) is 45.2 Å². The molecule has 3 rings (SSSR count). The molecule has 1 aliphatic heterocycles. The molecule has 3 aliphatic rings. The maximum atomic E-state index is 13.0. The normalized spacial score (nSPS) is 33.6. The van der Waals surface area contributed by atoms with Gasteiger partial charge in [0, 0.05) is 6.04 Å². The average Bonchev–Trinajstić information content (AvgIpc) is 3.11. The minimum absolute atomic E-state index is 0.139. The van der Waals surface area contributed by atoms with Crippen molar-refractivity contribution in [3.8, 4) is 0 Å². The van der Waals surface area contributed by atoms with Gasteiger partial charge in [0.25, 0.3) is 0 Å². The van der Waals surface area contributed by atoms with Crippen molar-refractivity contribution in [3.05, 3.63) is 0 Å². The Labute approximate surface area is 128 Å². The van der Waals surface area contributed by atoms with Crippen LogP contribution < -0.4 is 5.32 Å². The number of aliphatic hydroxyl groups is 1. The van der Waals surface area contributed by atoms with Crippen molar-refractivity contribution < 1.29 is 9.90 Å². The fraction of sp³-hybridized carbons (Fsp3) is 0.941. The predicted molar refractivity (Wildman–Crippen MR) is 83.0 cm³/mol. The van der Waals surface area contributed by atoms with Gasteiger partial charge in [-0.25, -0.2) is 0 Å². The second-order valence-corrected chi connectivity index (χ2v) is 7.31. The molecule has 0 aromatic rings. The molecule has 1 amide bonds. The van der Waals surface area contributed by atoms with E-state index in [2.05, 4.69) is 17.1 Å². The molecule has 0 aromatic carbocycles. The highest BCUT2D eigenvalue weighted by atomic mass is 16.3. The van der Waals surface area contributed by atoms with Gasteiger partial charge in [0.1, 0.15) is 5.54 Å². The molecule has 0 bridgehead atoms. The maximum Gasteiger partial charge on any atom is 0.240 e. The number of hydrogen-bond donors (Lipinski definition) is 2. The number of likely N-dealkylation sites (tertiary alicyclic amines) is 1. The van der Waals surface area contributed by atoms with E-state index in [-0.39, 0.29) is 23.6 Å². The lowest BCUT2D eigenvalue weighted by Crippen LogP contribution is -2.59. The summed E-state index contributed by atoms with van der Waals surface area (Å²) in [5, 5.41) is 12.9. The summed E-state index contributed by atoms with van der Waals surface area (Å²) in [6, 6.07) is 0.251. The summed E-state index contributed by atoms with van der Waals surface area (Å²) in [5.74, 6) is 0.751. The van der Waals surface area contributed by atoms with Crippen LogP contribution in [-0.2, 0) is 4.79 Å². The summed E-state index contributed by atoms with van der Waals surface area (Å²) >= 11 is 0. The van der Waals surface area contributed by atoms with Crippen molar-refractivity contribution in [1.29, 1.82) is 0 Å². The third-order valence-electron chi connectivity index (χ3n) is 6.04. The maximum absolute atomic E-state index is 13.0. The lowest BCUT2D eigenvalue weighted by molar-refractivity contribution is -0.134. The molecule has 1 heterocycles. The molecule has 4 heteroatoms. The van der Waals surface area contributed by atoms with E-state index < -0.39 is 0 Å². The third kappa shape index (κ3) is 2.85. The topological polar surface area (TPSA) is 52.6 Å². The molecule has 120 valence electrons. The third-order valence-corrected chi connectivity index (χ3v) is 6.04. The van der Waals surface area contributed by atoms with Crippen LogP contribution in [0, 0.1) is 5.92 Å². The Morgan fingerprint density at radius 3 is 2.38 bits per heavy atom. The molecule has 4 nitrogen and oxygen atoms in total. The summed E-state index contributed by atoms with van der Waals surface area (Å²) in [7, 11) is 0. The molecule has 1 unspecified atom stereocenters. The monoisotopic (exact) mass is 294 g/mol. The molecule has 1 atom stereocenters. The van der Waals surface area contributed by atoms with Crippen molar-refractivity contribution in [3.63, 3.8) is 0 Å². The summed E-state index contributed by atoms with van der Waals surface area (Å²) in [6.07, 6.45) is 9.45. The minimum atomic E-state index is -0.216. The van der Waals surface area contributed by atoms with E-state index >= 15 is 0 Å². The van der Waals surface area contributed by atoms with Gasteiger partial charge >= 0.3 is 0 Å². The second kappa shape index (κ2) is 6.25. The molecular weight excluding hydrogens is 264 g/mol. The number of carbonyl (C=O) groups excluding carboxylic acids is 1. The van der Waals surface area contributed by atoms with Crippen molar-refractivity contribution >= 4 is 5.91 Å². The van der Waals surface area contributed by atoms with Crippen LogP contribution in [0.15, 0.2) is 0 Å². The molecular formula is C17H30N2O2. The summed E-state index contributed by atoms with van der Waals surface area (Å²) in [6.45, 7) is 4.32. The zero-order valence-corrected chi connectivity index (χ0v) is 13.3. The first kappa shape index (κ1) is 15.3. The Balaban J connectivity index is 1.66. The van der Waals surface area contributed by atoms with Crippen LogP contribution in [-0.4, -0.2) is 46.7 Å². The Kier molecular flexibility index (Phi) is 4.55. The Morgan fingerprint density at radius 1 is 1.24 bits per heavy atom. The SMILES string of the molecule is CCC(NC(=O)C1(N2CCCC2)CCCC1)C1CC(O)C1. The van der Waals surface area contributed by atoms with Gasteiger partial charge in [-0.3, -0.25) is 9.69 Å². The summed E-state index contributed by atoms with van der Waals surface area (Å²) < 4.78 is 0. The first-order valence-corrected chi connectivity index (χ1v) is 8.90. The second-order valence-electron chi connectivity index (χ2n) is 7.31.